The van der Waals surface area contributed by atoms with Gasteiger partial charge in [0.2, 0.25) is 0 Å². The van der Waals surface area contributed by atoms with Crippen LogP contribution in [0.1, 0.15) is 24.2 Å². The summed E-state index contributed by atoms with van der Waals surface area (Å²) in [4.78, 5) is 11.5. The molecule has 0 amide bonds. The monoisotopic (exact) mass is 475 g/mol. The maximum atomic E-state index is 9.93. The Labute approximate surface area is 203 Å². The van der Waals surface area contributed by atoms with Crippen molar-refractivity contribution in [3.8, 4) is 23.1 Å². The largest absolute Gasteiger partial charge is 0.463 e. The van der Waals surface area contributed by atoms with E-state index in [2.05, 4.69) is 20.0 Å². The minimum atomic E-state index is -0.540. The highest BCUT2D eigenvalue weighted by molar-refractivity contribution is 5.60. The average Bonchev–Trinajstić information content (AvgIpc) is 3.54. The first-order chi connectivity index (χ1) is 17.0. The highest BCUT2D eigenvalue weighted by atomic mass is 16.5. The van der Waals surface area contributed by atoms with Gasteiger partial charge in [0.15, 0.2) is 5.82 Å². The maximum Gasteiger partial charge on any atom is 0.320 e. The van der Waals surface area contributed by atoms with Gasteiger partial charge in [-0.2, -0.15) is 20.2 Å². The van der Waals surface area contributed by atoms with Crippen LogP contribution in [0.3, 0.4) is 0 Å². The number of aliphatic hydroxyl groups is 1. The zero-order valence-corrected chi connectivity index (χ0v) is 19.9. The first kappa shape index (κ1) is 23.0. The highest BCUT2D eigenvalue weighted by Crippen LogP contribution is 2.24. The zero-order chi connectivity index (χ0) is 24.2. The molecule has 0 aliphatic carbocycles. The van der Waals surface area contributed by atoms with E-state index in [-0.39, 0.29) is 0 Å². The number of ether oxygens (including phenoxy) is 2. The second-order valence-electron chi connectivity index (χ2n) is 8.53. The van der Waals surface area contributed by atoms with Crippen molar-refractivity contribution in [3.63, 3.8) is 0 Å². The van der Waals surface area contributed by atoms with Crippen molar-refractivity contribution in [1.29, 1.82) is 0 Å². The molecular formula is C25H29N7O3. The standard InChI is InChI=1S/C25H29N7O3/c1-18(33)20-4-3-5-21(14-20)22-6-8-32(29-22)24-15-23(31-9-12-34-13-10-31)27-25(28-24)35-11-7-19-16-26-30(2)17-19/h3-6,8,14-18,33H,7,9-13H2,1-2H3/t18-/m0/s1. The molecule has 35 heavy (non-hydrogen) atoms. The molecule has 1 fully saturated rings. The van der Waals surface area contributed by atoms with Crippen LogP contribution in [-0.2, 0) is 18.2 Å². The lowest BCUT2D eigenvalue weighted by Gasteiger charge is -2.28. The van der Waals surface area contributed by atoms with Crippen molar-refractivity contribution < 1.29 is 14.6 Å². The number of aliphatic hydroxyl groups excluding tert-OH is 1. The second-order valence-corrected chi connectivity index (χ2v) is 8.53. The van der Waals surface area contributed by atoms with Gasteiger partial charge in [-0.05, 0) is 30.2 Å². The van der Waals surface area contributed by atoms with Gasteiger partial charge in [-0.15, -0.1) is 0 Å². The molecule has 1 aliphatic rings. The predicted molar refractivity (Wildman–Crippen MR) is 131 cm³/mol. The van der Waals surface area contributed by atoms with Crippen LogP contribution in [0, 0.1) is 0 Å². The van der Waals surface area contributed by atoms with Crippen LogP contribution in [-0.4, -0.2) is 67.5 Å². The quantitative estimate of drug-likeness (QED) is 0.415. The number of hydrogen-bond acceptors (Lipinski definition) is 8. The van der Waals surface area contributed by atoms with E-state index in [1.165, 1.54) is 0 Å². The van der Waals surface area contributed by atoms with E-state index >= 15 is 0 Å². The molecule has 1 aliphatic heterocycles. The normalized spacial score (nSPS) is 14.8. The third-order valence-corrected chi connectivity index (χ3v) is 5.88. The summed E-state index contributed by atoms with van der Waals surface area (Å²) in [6, 6.07) is 11.9. The molecule has 10 nitrogen and oxygen atoms in total. The van der Waals surface area contributed by atoms with Gasteiger partial charge in [0, 0.05) is 50.6 Å². The summed E-state index contributed by atoms with van der Waals surface area (Å²) < 4.78 is 15.0. The third kappa shape index (κ3) is 5.50. The summed E-state index contributed by atoms with van der Waals surface area (Å²) in [5, 5.41) is 18.9. The lowest BCUT2D eigenvalue weighted by atomic mass is 10.1. The van der Waals surface area contributed by atoms with E-state index in [4.69, 9.17) is 14.6 Å². The molecule has 4 heterocycles. The summed E-state index contributed by atoms with van der Waals surface area (Å²) in [7, 11) is 1.89. The van der Waals surface area contributed by atoms with Crippen molar-refractivity contribution in [1.82, 2.24) is 29.5 Å². The fraction of sp³-hybridized carbons (Fsp3) is 0.360. The first-order valence-corrected chi connectivity index (χ1v) is 11.7. The Morgan fingerprint density at radius 3 is 2.71 bits per heavy atom. The van der Waals surface area contributed by atoms with Crippen molar-refractivity contribution in [2.24, 2.45) is 7.05 Å². The van der Waals surface area contributed by atoms with E-state index in [1.54, 1.807) is 16.3 Å². The van der Waals surface area contributed by atoms with Crippen LogP contribution in [0.15, 0.2) is 55.0 Å². The Balaban J connectivity index is 1.41. The third-order valence-electron chi connectivity index (χ3n) is 5.88. The van der Waals surface area contributed by atoms with Gasteiger partial charge in [-0.25, -0.2) is 4.68 Å². The Hall–Kier alpha value is -3.76. The van der Waals surface area contributed by atoms with Crippen LogP contribution in [0.5, 0.6) is 6.01 Å². The molecule has 1 saturated heterocycles. The molecule has 3 aromatic heterocycles. The molecule has 4 aromatic rings. The Bertz CT molecular complexity index is 1280. The number of hydrogen-bond donors (Lipinski definition) is 1. The molecule has 1 aromatic carbocycles. The number of rotatable bonds is 8. The van der Waals surface area contributed by atoms with E-state index < -0.39 is 6.10 Å². The topological polar surface area (TPSA) is 103 Å². The van der Waals surface area contributed by atoms with Gasteiger partial charge in [0.1, 0.15) is 5.82 Å². The molecule has 5 rings (SSSR count). The summed E-state index contributed by atoms with van der Waals surface area (Å²) >= 11 is 0. The molecule has 1 atom stereocenters. The average molecular weight is 476 g/mol. The lowest BCUT2D eigenvalue weighted by Crippen LogP contribution is -2.37. The van der Waals surface area contributed by atoms with Gasteiger partial charge in [0.25, 0.3) is 0 Å². The van der Waals surface area contributed by atoms with Crippen LogP contribution in [0.25, 0.3) is 17.1 Å². The smallest absolute Gasteiger partial charge is 0.320 e. The number of aryl methyl sites for hydroxylation is 1. The second kappa shape index (κ2) is 10.2. The molecule has 0 spiro atoms. The van der Waals surface area contributed by atoms with Crippen molar-refractivity contribution in [3.05, 3.63) is 66.1 Å². The number of morpholine rings is 1. The molecule has 182 valence electrons. The predicted octanol–water partition coefficient (Wildman–Crippen LogP) is 2.57. The van der Waals surface area contributed by atoms with Gasteiger partial charge in [-0.3, -0.25) is 4.68 Å². The molecular weight excluding hydrogens is 446 g/mol. The van der Waals surface area contributed by atoms with Crippen LogP contribution in [0.4, 0.5) is 5.82 Å². The lowest BCUT2D eigenvalue weighted by molar-refractivity contribution is 0.122. The van der Waals surface area contributed by atoms with Gasteiger partial charge < -0.3 is 19.5 Å². The fourth-order valence-corrected chi connectivity index (χ4v) is 3.96. The van der Waals surface area contributed by atoms with Crippen molar-refractivity contribution in [2.75, 3.05) is 37.8 Å². The fourth-order valence-electron chi connectivity index (χ4n) is 3.96. The van der Waals surface area contributed by atoms with Crippen LogP contribution in [0.2, 0.25) is 0 Å². The number of nitrogens with zero attached hydrogens (tertiary/aromatic N) is 7. The molecule has 1 N–H and O–H groups in total. The molecule has 0 bridgehead atoms. The first-order valence-electron chi connectivity index (χ1n) is 11.7. The molecule has 10 heteroatoms. The van der Waals surface area contributed by atoms with Gasteiger partial charge in [0.05, 0.1) is 37.8 Å². The summed E-state index contributed by atoms with van der Waals surface area (Å²) in [6.07, 6.45) is 5.84. The molecule has 0 radical (unpaired) electrons. The maximum absolute atomic E-state index is 9.93. The van der Waals surface area contributed by atoms with Crippen molar-refractivity contribution in [2.45, 2.75) is 19.4 Å². The summed E-state index contributed by atoms with van der Waals surface area (Å²) in [6.45, 7) is 5.00. The van der Waals surface area contributed by atoms with Crippen LogP contribution < -0.4 is 9.64 Å². The minimum Gasteiger partial charge on any atom is -0.463 e. The van der Waals surface area contributed by atoms with Gasteiger partial charge >= 0.3 is 6.01 Å². The van der Waals surface area contributed by atoms with E-state index in [9.17, 15) is 5.11 Å². The Kier molecular flexibility index (Phi) is 6.73. The Morgan fingerprint density at radius 1 is 1.11 bits per heavy atom. The number of benzene rings is 1. The van der Waals surface area contributed by atoms with E-state index in [1.807, 2.05) is 62.0 Å². The minimum absolute atomic E-state index is 0.307. The van der Waals surface area contributed by atoms with E-state index in [0.717, 1.165) is 41.3 Å². The SMILES string of the molecule is C[C@H](O)c1cccc(-c2ccn(-c3cc(N4CCOCC4)nc(OCCc4cnn(C)c4)n3)n2)c1. The van der Waals surface area contributed by atoms with Gasteiger partial charge in [-0.1, -0.05) is 18.2 Å². The molecule has 0 unspecified atom stereocenters. The summed E-state index contributed by atoms with van der Waals surface area (Å²) in [5.74, 6) is 1.40. The zero-order valence-electron chi connectivity index (χ0n) is 19.9. The highest BCUT2D eigenvalue weighted by Gasteiger charge is 2.17. The molecule has 0 saturated carbocycles. The number of anilines is 1. The Morgan fingerprint density at radius 2 is 1.94 bits per heavy atom. The summed E-state index contributed by atoms with van der Waals surface area (Å²) in [5.41, 5.74) is 3.65. The number of aromatic nitrogens is 6. The van der Waals surface area contributed by atoms with Crippen LogP contribution >= 0.6 is 0 Å². The van der Waals surface area contributed by atoms with Crippen molar-refractivity contribution >= 4 is 5.82 Å². The van der Waals surface area contributed by atoms with E-state index in [0.29, 0.717) is 38.1 Å².